The Morgan fingerprint density at radius 3 is 2.32 bits per heavy atom. The first-order valence-electron chi connectivity index (χ1n) is 7.98. The Balaban J connectivity index is 2.46. The van der Waals surface area contributed by atoms with E-state index in [4.69, 9.17) is 5.73 Å². The molecule has 0 aliphatic rings. The number of carbonyl (C=O) groups excluding carboxylic acids is 3. The second-order valence-electron chi connectivity index (χ2n) is 6.04. The average Bonchev–Trinajstić information content (AvgIpc) is 2.59. The lowest BCUT2D eigenvalue weighted by Crippen LogP contribution is -2.53. The van der Waals surface area contributed by atoms with E-state index < -0.39 is 30.0 Å². The maximum atomic E-state index is 12.0. The molecule has 25 heavy (non-hydrogen) atoms. The number of hydrogen-bond donors (Lipinski definition) is 4. The maximum absolute atomic E-state index is 12.0. The standard InChI is InChI=1S/C17H26N4O4/c1-11(20-16(24)13(18)9-14(22)21(2)3)15(23)17(25)19-10-12-7-5-4-6-8-12/h4-8,11,13,15,23H,9-10,18H2,1-3H3,(H,19,25)(H,20,24)/t11-,13-,15?/m0/s1. The van der Waals surface area contributed by atoms with Crippen molar-refractivity contribution in [2.45, 2.75) is 38.1 Å². The minimum Gasteiger partial charge on any atom is -0.381 e. The third kappa shape index (κ3) is 6.90. The lowest BCUT2D eigenvalue weighted by molar-refractivity contribution is -0.134. The first-order chi connectivity index (χ1) is 11.7. The van der Waals surface area contributed by atoms with Gasteiger partial charge in [0, 0.05) is 20.6 Å². The molecule has 1 aromatic rings. The van der Waals surface area contributed by atoms with Crippen molar-refractivity contribution in [1.29, 1.82) is 0 Å². The van der Waals surface area contributed by atoms with E-state index >= 15 is 0 Å². The zero-order valence-electron chi connectivity index (χ0n) is 14.7. The number of rotatable bonds is 8. The Labute approximate surface area is 147 Å². The van der Waals surface area contributed by atoms with Gasteiger partial charge in [0.15, 0.2) is 6.10 Å². The van der Waals surface area contributed by atoms with Gasteiger partial charge in [-0.3, -0.25) is 14.4 Å². The highest BCUT2D eigenvalue weighted by Gasteiger charge is 2.26. The zero-order valence-corrected chi connectivity index (χ0v) is 14.7. The molecule has 0 bridgehead atoms. The molecule has 0 saturated heterocycles. The molecule has 0 radical (unpaired) electrons. The highest BCUT2D eigenvalue weighted by molar-refractivity contribution is 5.89. The van der Waals surface area contributed by atoms with Gasteiger partial charge in [0.2, 0.25) is 11.8 Å². The molecule has 0 aromatic heterocycles. The monoisotopic (exact) mass is 350 g/mol. The Bertz CT molecular complexity index is 592. The number of carbonyl (C=O) groups is 3. The minimum atomic E-state index is -1.43. The fourth-order valence-corrected chi connectivity index (χ4v) is 1.99. The Morgan fingerprint density at radius 1 is 1.16 bits per heavy atom. The van der Waals surface area contributed by atoms with Crippen LogP contribution in [0.5, 0.6) is 0 Å². The Hall–Kier alpha value is -2.45. The summed E-state index contributed by atoms with van der Waals surface area (Å²) in [5.74, 6) is -1.48. The quantitative estimate of drug-likeness (QED) is 0.477. The van der Waals surface area contributed by atoms with Crippen molar-refractivity contribution in [3.8, 4) is 0 Å². The van der Waals surface area contributed by atoms with E-state index in [-0.39, 0.29) is 18.9 Å². The summed E-state index contributed by atoms with van der Waals surface area (Å²) < 4.78 is 0. The summed E-state index contributed by atoms with van der Waals surface area (Å²) in [6, 6.07) is 7.36. The summed E-state index contributed by atoms with van der Waals surface area (Å²) in [6.45, 7) is 1.76. The van der Waals surface area contributed by atoms with Gasteiger partial charge in [-0.05, 0) is 12.5 Å². The molecule has 8 nitrogen and oxygen atoms in total. The number of nitrogens with two attached hydrogens (primary N) is 1. The van der Waals surface area contributed by atoms with Gasteiger partial charge in [0.25, 0.3) is 5.91 Å². The molecule has 0 aliphatic heterocycles. The van der Waals surface area contributed by atoms with Crippen LogP contribution in [-0.4, -0.2) is 60.0 Å². The number of hydrogen-bond acceptors (Lipinski definition) is 5. The van der Waals surface area contributed by atoms with E-state index in [0.717, 1.165) is 5.56 Å². The summed E-state index contributed by atoms with van der Waals surface area (Å²) in [5.41, 5.74) is 6.57. The molecule has 138 valence electrons. The summed E-state index contributed by atoms with van der Waals surface area (Å²) in [6.07, 6.45) is -1.58. The highest BCUT2D eigenvalue weighted by atomic mass is 16.3. The SMILES string of the molecule is C[C@H](NC(=O)[C@@H](N)CC(=O)N(C)C)C(O)C(=O)NCc1ccccc1. The topological polar surface area (TPSA) is 125 Å². The number of aliphatic hydroxyl groups excluding tert-OH is 1. The van der Waals surface area contributed by atoms with E-state index in [9.17, 15) is 19.5 Å². The van der Waals surface area contributed by atoms with E-state index in [1.165, 1.54) is 11.8 Å². The van der Waals surface area contributed by atoms with Gasteiger partial charge in [-0.2, -0.15) is 0 Å². The number of benzene rings is 1. The van der Waals surface area contributed by atoms with Crippen LogP contribution in [0.3, 0.4) is 0 Å². The molecule has 1 rings (SSSR count). The lowest BCUT2D eigenvalue weighted by Gasteiger charge is -2.22. The molecule has 0 saturated carbocycles. The van der Waals surface area contributed by atoms with Crippen LogP contribution in [0.4, 0.5) is 0 Å². The van der Waals surface area contributed by atoms with Crippen molar-refractivity contribution >= 4 is 17.7 Å². The molecular formula is C17H26N4O4. The van der Waals surface area contributed by atoms with Crippen LogP contribution in [-0.2, 0) is 20.9 Å². The van der Waals surface area contributed by atoms with Crippen LogP contribution in [0.25, 0.3) is 0 Å². The van der Waals surface area contributed by atoms with Gasteiger partial charge >= 0.3 is 0 Å². The number of nitrogens with one attached hydrogen (secondary N) is 2. The predicted octanol–water partition coefficient (Wildman–Crippen LogP) is -1.03. The smallest absolute Gasteiger partial charge is 0.251 e. The van der Waals surface area contributed by atoms with Gasteiger partial charge in [-0.15, -0.1) is 0 Å². The van der Waals surface area contributed by atoms with Gasteiger partial charge < -0.3 is 26.4 Å². The van der Waals surface area contributed by atoms with E-state index in [1.54, 1.807) is 14.1 Å². The molecule has 0 aliphatic carbocycles. The number of aliphatic hydroxyl groups is 1. The normalized spacial score (nSPS) is 14.1. The lowest BCUT2D eigenvalue weighted by atomic mass is 10.1. The second-order valence-corrected chi connectivity index (χ2v) is 6.04. The van der Waals surface area contributed by atoms with Gasteiger partial charge in [0.05, 0.1) is 18.5 Å². The van der Waals surface area contributed by atoms with Crippen molar-refractivity contribution in [2.75, 3.05) is 14.1 Å². The van der Waals surface area contributed by atoms with Crippen LogP contribution in [0.1, 0.15) is 18.9 Å². The van der Waals surface area contributed by atoms with Crippen LogP contribution < -0.4 is 16.4 Å². The molecule has 0 heterocycles. The van der Waals surface area contributed by atoms with Crippen LogP contribution in [0.15, 0.2) is 30.3 Å². The fraction of sp³-hybridized carbons (Fsp3) is 0.471. The third-order valence-corrected chi connectivity index (χ3v) is 3.65. The first-order valence-corrected chi connectivity index (χ1v) is 7.98. The molecule has 8 heteroatoms. The molecular weight excluding hydrogens is 324 g/mol. The maximum Gasteiger partial charge on any atom is 0.251 e. The minimum absolute atomic E-state index is 0.151. The molecule has 3 atom stereocenters. The number of nitrogens with zero attached hydrogens (tertiary/aromatic N) is 1. The van der Waals surface area contributed by atoms with Crippen molar-refractivity contribution in [3.63, 3.8) is 0 Å². The van der Waals surface area contributed by atoms with Gasteiger partial charge in [0.1, 0.15) is 0 Å². The molecule has 1 unspecified atom stereocenters. The van der Waals surface area contributed by atoms with Crippen LogP contribution in [0.2, 0.25) is 0 Å². The summed E-state index contributed by atoms with van der Waals surface area (Å²) in [4.78, 5) is 36.8. The summed E-state index contributed by atoms with van der Waals surface area (Å²) in [7, 11) is 3.13. The van der Waals surface area contributed by atoms with Crippen LogP contribution >= 0.6 is 0 Å². The molecule has 0 spiro atoms. The third-order valence-electron chi connectivity index (χ3n) is 3.65. The molecule has 5 N–H and O–H groups in total. The van der Waals surface area contributed by atoms with Crippen molar-refractivity contribution in [3.05, 3.63) is 35.9 Å². The Kier molecular flexibility index (Phi) is 8.03. The van der Waals surface area contributed by atoms with E-state index in [0.29, 0.717) is 0 Å². The molecule has 3 amide bonds. The van der Waals surface area contributed by atoms with E-state index in [1.807, 2.05) is 30.3 Å². The largest absolute Gasteiger partial charge is 0.381 e. The van der Waals surface area contributed by atoms with Gasteiger partial charge in [-0.1, -0.05) is 30.3 Å². The Morgan fingerprint density at radius 2 is 1.76 bits per heavy atom. The van der Waals surface area contributed by atoms with Crippen molar-refractivity contribution in [1.82, 2.24) is 15.5 Å². The van der Waals surface area contributed by atoms with Crippen molar-refractivity contribution in [2.24, 2.45) is 5.73 Å². The summed E-state index contributed by atoms with van der Waals surface area (Å²) >= 11 is 0. The molecule has 0 fully saturated rings. The average molecular weight is 350 g/mol. The number of amides is 3. The van der Waals surface area contributed by atoms with Crippen LogP contribution in [0, 0.1) is 0 Å². The fourth-order valence-electron chi connectivity index (χ4n) is 1.99. The zero-order chi connectivity index (χ0) is 19.0. The van der Waals surface area contributed by atoms with Crippen molar-refractivity contribution < 1.29 is 19.5 Å². The predicted molar refractivity (Wildman–Crippen MR) is 93.2 cm³/mol. The second kappa shape index (κ2) is 9.75. The first kappa shape index (κ1) is 20.6. The molecule has 1 aromatic carbocycles. The highest BCUT2D eigenvalue weighted by Crippen LogP contribution is 2.00. The van der Waals surface area contributed by atoms with E-state index in [2.05, 4.69) is 10.6 Å². The van der Waals surface area contributed by atoms with Gasteiger partial charge in [-0.25, -0.2) is 0 Å². The summed E-state index contributed by atoms with van der Waals surface area (Å²) in [5, 5.41) is 15.1.